The van der Waals surface area contributed by atoms with E-state index in [1.54, 1.807) is 0 Å². The van der Waals surface area contributed by atoms with Gasteiger partial charge in [0.2, 0.25) is 6.79 Å². The van der Waals surface area contributed by atoms with Gasteiger partial charge in [-0.25, -0.2) is 0 Å². The molecular formula is C30H35N3O3. The van der Waals surface area contributed by atoms with Crippen molar-refractivity contribution in [1.82, 2.24) is 14.8 Å². The molecule has 2 aromatic carbocycles. The summed E-state index contributed by atoms with van der Waals surface area (Å²) in [5.74, 6) is 1.69. The summed E-state index contributed by atoms with van der Waals surface area (Å²) in [6.45, 7) is 6.62. The number of unbranched alkanes of at least 4 members (excludes halogenated alkanes) is 1. The zero-order valence-corrected chi connectivity index (χ0v) is 21.2. The highest BCUT2D eigenvalue weighted by atomic mass is 16.7. The smallest absolute Gasteiger partial charge is 0.254 e. The molecule has 0 radical (unpaired) electrons. The van der Waals surface area contributed by atoms with Crippen LogP contribution < -0.4 is 9.47 Å². The number of benzene rings is 2. The van der Waals surface area contributed by atoms with Crippen LogP contribution in [-0.4, -0.2) is 59.7 Å². The highest BCUT2D eigenvalue weighted by Crippen LogP contribution is 2.37. The lowest BCUT2D eigenvalue weighted by Crippen LogP contribution is -2.42. The van der Waals surface area contributed by atoms with E-state index in [-0.39, 0.29) is 12.7 Å². The van der Waals surface area contributed by atoms with E-state index in [0.717, 1.165) is 103 Å². The summed E-state index contributed by atoms with van der Waals surface area (Å²) >= 11 is 0. The molecule has 6 nitrogen and oxygen atoms in total. The number of pyridine rings is 1. The number of hydrogen-bond acceptors (Lipinski definition) is 5. The fourth-order valence-electron chi connectivity index (χ4n) is 5.91. The predicted octanol–water partition coefficient (Wildman–Crippen LogP) is 5.67. The SMILES string of the molecule is CCCCc1cc(C(=O)N2CCC[C@H]2CN2CCCC2)c2cc(-c3ccc4c(c3)OCO4)ccc2n1. The first-order valence-corrected chi connectivity index (χ1v) is 13.6. The Morgan fingerprint density at radius 1 is 0.972 bits per heavy atom. The van der Waals surface area contributed by atoms with Gasteiger partial charge in [0.15, 0.2) is 11.5 Å². The van der Waals surface area contributed by atoms with Crippen LogP contribution in [0.15, 0.2) is 42.5 Å². The number of carbonyl (C=O) groups excluding carboxylic acids is 1. The summed E-state index contributed by atoms with van der Waals surface area (Å²) < 4.78 is 11.1. The third kappa shape index (κ3) is 4.55. The molecule has 0 aliphatic carbocycles. The fourth-order valence-corrected chi connectivity index (χ4v) is 5.91. The number of aromatic nitrogens is 1. The number of rotatable bonds is 7. The number of carbonyl (C=O) groups is 1. The van der Waals surface area contributed by atoms with E-state index in [9.17, 15) is 4.79 Å². The molecule has 6 rings (SSSR count). The maximum atomic E-state index is 14.1. The maximum absolute atomic E-state index is 14.1. The lowest BCUT2D eigenvalue weighted by molar-refractivity contribution is 0.0710. The summed E-state index contributed by atoms with van der Waals surface area (Å²) in [7, 11) is 0. The Morgan fingerprint density at radius 2 is 1.78 bits per heavy atom. The minimum absolute atomic E-state index is 0.157. The van der Waals surface area contributed by atoms with Gasteiger partial charge in [-0.3, -0.25) is 9.78 Å². The second-order valence-corrected chi connectivity index (χ2v) is 10.4. The lowest BCUT2D eigenvalue weighted by atomic mass is 9.98. The van der Waals surface area contributed by atoms with Crippen LogP contribution in [0.2, 0.25) is 0 Å². The van der Waals surface area contributed by atoms with E-state index in [1.165, 1.54) is 12.8 Å². The highest BCUT2D eigenvalue weighted by Gasteiger charge is 2.32. The van der Waals surface area contributed by atoms with E-state index >= 15 is 0 Å². The zero-order valence-electron chi connectivity index (χ0n) is 21.2. The second kappa shape index (κ2) is 10.1. The van der Waals surface area contributed by atoms with E-state index < -0.39 is 0 Å². The molecule has 0 spiro atoms. The number of likely N-dealkylation sites (tertiary alicyclic amines) is 2. The molecule has 4 heterocycles. The molecule has 0 saturated carbocycles. The monoisotopic (exact) mass is 485 g/mol. The third-order valence-corrected chi connectivity index (χ3v) is 7.89. The number of aryl methyl sites for hydroxylation is 1. The standard InChI is InChI=1S/C30H35N3O3/c1-2-3-7-23-18-26(30(34)33-15-6-8-24(33)19-32-13-4-5-14-32)25-16-21(9-11-27(25)31-23)22-10-12-28-29(17-22)36-20-35-28/h9-12,16-18,24H,2-8,13-15,19-20H2,1H3/t24-/m0/s1. The van der Waals surface area contributed by atoms with E-state index in [2.05, 4.69) is 41.0 Å². The summed E-state index contributed by atoms with van der Waals surface area (Å²) in [6.07, 6.45) is 7.81. The molecule has 2 fully saturated rings. The average molecular weight is 486 g/mol. The Morgan fingerprint density at radius 3 is 2.64 bits per heavy atom. The van der Waals surface area contributed by atoms with Crippen molar-refractivity contribution in [2.75, 3.05) is 33.0 Å². The maximum Gasteiger partial charge on any atom is 0.254 e. The van der Waals surface area contributed by atoms with Crippen LogP contribution in [0.25, 0.3) is 22.0 Å². The van der Waals surface area contributed by atoms with Crippen molar-refractivity contribution in [3.05, 3.63) is 53.7 Å². The Labute approximate surface area is 213 Å². The molecule has 3 aliphatic rings. The van der Waals surface area contributed by atoms with E-state index in [4.69, 9.17) is 14.5 Å². The quantitative estimate of drug-likeness (QED) is 0.431. The summed E-state index contributed by atoms with van der Waals surface area (Å²) in [6, 6.07) is 14.7. The van der Waals surface area contributed by atoms with Crippen LogP contribution in [0, 0.1) is 0 Å². The van der Waals surface area contributed by atoms with Crippen LogP contribution in [0.3, 0.4) is 0 Å². The van der Waals surface area contributed by atoms with E-state index in [1.807, 2.05) is 18.2 Å². The molecule has 0 bridgehead atoms. The van der Waals surface area contributed by atoms with Crippen LogP contribution >= 0.6 is 0 Å². The van der Waals surface area contributed by atoms with Crippen LogP contribution in [0.1, 0.15) is 61.5 Å². The van der Waals surface area contributed by atoms with Crippen molar-refractivity contribution in [2.45, 2.75) is 57.9 Å². The first-order chi connectivity index (χ1) is 17.7. The Kier molecular flexibility index (Phi) is 6.53. The van der Waals surface area contributed by atoms with Gasteiger partial charge >= 0.3 is 0 Å². The Bertz CT molecular complexity index is 1270. The largest absolute Gasteiger partial charge is 0.454 e. The number of ether oxygens (including phenoxy) is 2. The summed E-state index contributed by atoms with van der Waals surface area (Å²) in [5.41, 5.74) is 4.79. The normalized spacial score (nSPS) is 19.5. The van der Waals surface area contributed by atoms with Gasteiger partial charge in [0.1, 0.15) is 0 Å². The lowest BCUT2D eigenvalue weighted by Gasteiger charge is -2.29. The zero-order chi connectivity index (χ0) is 24.5. The minimum Gasteiger partial charge on any atom is -0.454 e. The van der Waals surface area contributed by atoms with Crippen molar-refractivity contribution in [2.24, 2.45) is 0 Å². The molecule has 188 valence electrons. The van der Waals surface area contributed by atoms with Gasteiger partial charge < -0.3 is 19.3 Å². The minimum atomic E-state index is 0.157. The molecule has 6 heteroatoms. The van der Waals surface area contributed by atoms with Gasteiger partial charge in [-0.2, -0.15) is 0 Å². The van der Waals surface area contributed by atoms with Crippen LogP contribution in [-0.2, 0) is 6.42 Å². The van der Waals surface area contributed by atoms with Gasteiger partial charge in [0.05, 0.1) is 11.1 Å². The Hall–Kier alpha value is -3.12. The van der Waals surface area contributed by atoms with Crippen molar-refractivity contribution in [1.29, 1.82) is 0 Å². The van der Waals surface area contributed by atoms with Gasteiger partial charge in [0, 0.05) is 30.2 Å². The van der Waals surface area contributed by atoms with Crippen molar-refractivity contribution in [3.63, 3.8) is 0 Å². The molecule has 36 heavy (non-hydrogen) atoms. The van der Waals surface area contributed by atoms with Crippen molar-refractivity contribution < 1.29 is 14.3 Å². The fraction of sp³-hybridized carbons (Fsp3) is 0.467. The van der Waals surface area contributed by atoms with Gasteiger partial charge in [-0.05, 0) is 93.1 Å². The molecule has 1 atom stereocenters. The molecule has 2 saturated heterocycles. The van der Waals surface area contributed by atoms with Crippen molar-refractivity contribution in [3.8, 4) is 22.6 Å². The van der Waals surface area contributed by atoms with Gasteiger partial charge in [-0.1, -0.05) is 25.5 Å². The van der Waals surface area contributed by atoms with Crippen molar-refractivity contribution >= 4 is 16.8 Å². The summed E-state index contributed by atoms with van der Waals surface area (Å²) in [4.78, 5) is 23.7. The molecular weight excluding hydrogens is 450 g/mol. The average Bonchev–Trinajstić information content (AvgIpc) is 3.68. The highest BCUT2D eigenvalue weighted by molar-refractivity contribution is 6.07. The first kappa shape index (κ1) is 23.3. The number of nitrogens with zero attached hydrogens (tertiary/aromatic N) is 3. The molecule has 0 unspecified atom stereocenters. The van der Waals surface area contributed by atoms with E-state index in [0.29, 0.717) is 6.04 Å². The van der Waals surface area contributed by atoms with Gasteiger partial charge in [0.25, 0.3) is 5.91 Å². The number of amides is 1. The third-order valence-electron chi connectivity index (χ3n) is 7.89. The molecule has 1 aromatic heterocycles. The topological polar surface area (TPSA) is 54.9 Å². The number of fused-ring (bicyclic) bond motifs is 2. The first-order valence-electron chi connectivity index (χ1n) is 13.6. The molecule has 3 aromatic rings. The predicted molar refractivity (Wildman–Crippen MR) is 142 cm³/mol. The van der Waals surface area contributed by atoms with Crippen LogP contribution in [0.5, 0.6) is 11.5 Å². The second-order valence-electron chi connectivity index (χ2n) is 10.4. The number of hydrogen-bond donors (Lipinski definition) is 0. The molecule has 1 amide bonds. The summed E-state index contributed by atoms with van der Waals surface area (Å²) in [5, 5.41) is 0.933. The Balaban J connectivity index is 1.37. The molecule has 0 N–H and O–H groups in total. The van der Waals surface area contributed by atoms with Crippen LogP contribution in [0.4, 0.5) is 0 Å². The molecule has 3 aliphatic heterocycles. The van der Waals surface area contributed by atoms with Gasteiger partial charge in [-0.15, -0.1) is 0 Å².